The van der Waals surface area contributed by atoms with Crippen molar-refractivity contribution in [3.8, 4) is 11.4 Å². The highest BCUT2D eigenvalue weighted by atomic mass is 16.2. The van der Waals surface area contributed by atoms with Gasteiger partial charge in [-0.05, 0) is 29.3 Å². The molecule has 28 heavy (non-hydrogen) atoms. The SMILES string of the molecule is CCC(C)C(=O)NNC(=O)c1ccc(Cn2nnc(-c3ccccc3)n2)cc1. The van der Waals surface area contributed by atoms with Gasteiger partial charge in [-0.25, -0.2) is 0 Å². The first-order chi connectivity index (χ1) is 13.6. The first-order valence-electron chi connectivity index (χ1n) is 9.09. The summed E-state index contributed by atoms with van der Waals surface area (Å²) >= 11 is 0. The van der Waals surface area contributed by atoms with E-state index in [1.165, 1.54) is 4.80 Å². The maximum atomic E-state index is 12.1. The summed E-state index contributed by atoms with van der Waals surface area (Å²) in [5.41, 5.74) is 7.14. The lowest BCUT2D eigenvalue weighted by Gasteiger charge is -2.11. The third-order valence-electron chi connectivity index (χ3n) is 4.38. The van der Waals surface area contributed by atoms with Crippen LogP contribution in [0.1, 0.15) is 36.2 Å². The normalized spacial score (nSPS) is 11.6. The van der Waals surface area contributed by atoms with Crippen LogP contribution in [0, 0.1) is 5.92 Å². The maximum Gasteiger partial charge on any atom is 0.269 e. The highest BCUT2D eigenvalue weighted by Crippen LogP contribution is 2.12. The van der Waals surface area contributed by atoms with Crippen molar-refractivity contribution in [1.82, 2.24) is 31.1 Å². The fraction of sp³-hybridized carbons (Fsp3) is 0.250. The molecule has 0 saturated carbocycles. The minimum atomic E-state index is -0.367. The molecule has 3 aromatic rings. The van der Waals surface area contributed by atoms with Crippen LogP contribution in [0.3, 0.4) is 0 Å². The average molecular weight is 378 g/mol. The molecular formula is C20H22N6O2. The number of tetrazole rings is 1. The van der Waals surface area contributed by atoms with Crippen LogP contribution in [0.5, 0.6) is 0 Å². The van der Waals surface area contributed by atoms with Gasteiger partial charge >= 0.3 is 0 Å². The summed E-state index contributed by atoms with van der Waals surface area (Å²) in [5, 5.41) is 12.5. The van der Waals surface area contributed by atoms with Gasteiger partial charge in [0.25, 0.3) is 5.91 Å². The molecule has 0 fully saturated rings. The topological polar surface area (TPSA) is 102 Å². The Balaban J connectivity index is 1.58. The monoisotopic (exact) mass is 378 g/mol. The molecule has 1 aromatic heterocycles. The zero-order valence-electron chi connectivity index (χ0n) is 15.8. The summed E-state index contributed by atoms with van der Waals surface area (Å²) in [4.78, 5) is 25.4. The second kappa shape index (κ2) is 8.90. The van der Waals surface area contributed by atoms with Crippen molar-refractivity contribution in [3.63, 3.8) is 0 Å². The molecule has 144 valence electrons. The molecule has 3 rings (SSSR count). The predicted molar refractivity (Wildman–Crippen MR) is 104 cm³/mol. The molecule has 1 heterocycles. The van der Waals surface area contributed by atoms with E-state index in [2.05, 4.69) is 26.3 Å². The number of benzene rings is 2. The molecular weight excluding hydrogens is 356 g/mol. The number of amides is 2. The van der Waals surface area contributed by atoms with Crippen molar-refractivity contribution in [2.45, 2.75) is 26.8 Å². The van der Waals surface area contributed by atoms with E-state index in [1.807, 2.05) is 49.4 Å². The summed E-state index contributed by atoms with van der Waals surface area (Å²) in [7, 11) is 0. The number of carbonyl (C=O) groups is 2. The molecule has 0 aliphatic rings. The zero-order chi connectivity index (χ0) is 19.9. The summed E-state index contributed by atoms with van der Waals surface area (Å²) in [5.74, 6) is -0.167. The van der Waals surface area contributed by atoms with Crippen LogP contribution in [0.25, 0.3) is 11.4 Å². The van der Waals surface area contributed by atoms with Crippen LogP contribution in [-0.2, 0) is 11.3 Å². The molecule has 1 unspecified atom stereocenters. The number of aromatic nitrogens is 4. The van der Waals surface area contributed by atoms with E-state index in [-0.39, 0.29) is 17.7 Å². The summed E-state index contributed by atoms with van der Waals surface area (Å²) < 4.78 is 0. The Morgan fingerprint density at radius 1 is 1.04 bits per heavy atom. The van der Waals surface area contributed by atoms with Crippen molar-refractivity contribution in [2.75, 3.05) is 0 Å². The van der Waals surface area contributed by atoms with Crippen molar-refractivity contribution in [3.05, 3.63) is 65.7 Å². The van der Waals surface area contributed by atoms with Crippen LogP contribution < -0.4 is 10.9 Å². The Morgan fingerprint density at radius 2 is 1.75 bits per heavy atom. The van der Waals surface area contributed by atoms with E-state index in [0.717, 1.165) is 11.1 Å². The molecule has 2 N–H and O–H groups in total. The number of nitrogens with zero attached hydrogens (tertiary/aromatic N) is 4. The van der Waals surface area contributed by atoms with Crippen LogP contribution in [0.2, 0.25) is 0 Å². The highest BCUT2D eigenvalue weighted by Gasteiger charge is 2.12. The van der Waals surface area contributed by atoms with Gasteiger partial charge < -0.3 is 0 Å². The van der Waals surface area contributed by atoms with Gasteiger partial charge in [0, 0.05) is 17.0 Å². The van der Waals surface area contributed by atoms with Crippen molar-refractivity contribution in [1.29, 1.82) is 0 Å². The van der Waals surface area contributed by atoms with Crippen molar-refractivity contribution >= 4 is 11.8 Å². The number of hydrogen-bond acceptors (Lipinski definition) is 5. The van der Waals surface area contributed by atoms with Gasteiger partial charge in [0.15, 0.2) is 0 Å². The minimum absolute atomic E-state index is 0.154. The van der Waals surface area contributed by atoms with E-state index < -0.39 is 0 Å². The lowest BCUT2D eigenvalue weighted by molar-refractivity contribution is -0.125. The van der Waals surface area contributed by atoms with Gasteiger partial charge in [-0.3, -0.25) is 20.4 Å². The molecule has 0 radical (unpaired) electrons. The molecule has 2 aromatic carbocycles. The van der Waals surface area contributed by atoms with Crippen molar-refractivity contribution in [2.24, 2.45) is 5.92 Å². The molecule has 1 atom stereocenters. The highest BCUT2D eigenvalue weighted by molar-refractivity contribution is 5.95. The smallest absolute Gasteiger partial charge is 0.269 e. The van der Waals surface area contributed by atoms with Gasteiger partial charge in [0.2, 0.25) is 11.7 Å². The summed E-state index contributed by atoms with van der Waals surface area (Å²) in [6.45, 7) is 4.15. The van der Waals surface area contributed by atoms with Gasteiger partial charge in [-0.1, -0.05) is 56.3 Å². The standard InChI is InChI=1S/C20H22N6O2/c1-3-14(2)19(27)22-23-20(28)17-11-9-15(10-12-17)13-26-24-18(21-25-26)16-7-5-4-6-8-16/h4-12,14H,3,13H2,1-2H3,(H,22,27)(H,23,28). The quantitative estimate of drug-likeness (QED) is 0.640. The number of carbonyl (C=O) groups excluding carboxylic acids is 2. The first-order valence-corrected chi connectivity index (χ1v) is 9.09. The van der Waals surface area contributed by atoms with E-state index >= 15 is 0 Å². The Bertz CT molecular complexity index is 937. The Kier molecular flexibility index (Phi) is 6.11. The maximum absolute atomic E-state index is 12.1. The van der Waals surface area contributed by atoms with Crippen molar-refractivity contribution < 1.29 is 9.59 Å². The molecule has 0 aliphatic carbocycles. The number of hydrazine groups is 1. The first kappa shape index (κ1) is 19.2. The lowest BCUT2D eigenvalue weighted by atomic mass is 10.1. The third kappa shape index (κ3) is 4.79. The molecule has 0 bridgehead atoms. The largest absolute Gasteiger partial charge is 0.273 e. The van der Waals surface area contributed by atoms with E-state index in [9.17, 15) is 9.59 Å². The Morgan fingerprint density at radius 3 is 2.43 bits per heavy atom. The van der Waals surface area contributed by atoms with Gasteiger partial charge in [-0.15, -0.1) is 10.2 Å². The van der Waals surface area contributed by atoms with Crippen LogP contribution in [0.15, 0.2) is 54.6 Å². The second-order valence-electron chi connectivity index (χ2n) is 6.46. The van der Waals surface area contributed by atoms with Crippen LogP contribution >= 0.6 is 0 Å². The number of rotatable bonds is 6. The van der Waals surface area contributed by atoms with Crippen LogP contribution in [-0.4, -0.2) is 32.0 Å². The van der Waals surface area contributed by atoms with Gasteiger partial charge in [0.1, 0.15) is 0 Å². The summed E-state index contributed by atoms with van der Waals surface area (Å²) in [6.07, 6.45) is 0.707. The number of nitrogens with one attached hydrogen (secondary N) is 2. The summed E-state index contributed by atoms with van der Waals surface area (Å²) in [6, 6.07) is 16.6. The Hall–Kier alpha value is -3.55. The molecule has 0 saturated heterocycles. The molecule has 8 nitrogen and oxygen atoms in total. The molecule has 2 amide bonds. The molecule has 8 heteroatoms. The second-order valence-corrected chi connectivity index (χ2v) is 6.46. The van der Waals surface area contributed by atoms with Crippen LogP contribution in [0.4, 0.5) is 0 Å². The van der Waals surface area contributed by atoms with E-state index in [4.69, 9.17) is 0 Å². The van der Waals surface area contributed by atoms with E-state index in [1.54, 1.807) is 19.1 Å². The third-order valence-corrected chi connectivity index (χ3v) is 4.38. The fourth-order valence-electron chi connectivity index (χ4n) is 2.44. The average Bonchev–Trinajstić information content (AvgIpc) is 3.20. The zero-order valence-corrected chi connectivity index (χ0v) is 15.8. The molecule has 0 aliphatic heterocycles. The lowest BCUT2D eigenvalue weighted by Crippen LogP contribution is -2.43. The fourth-order valence-corrected chi connectivity index (χ4v) is 2.44. The van der Waals surface area contributed by atoms with Gasteiger partial charge in [-0.2, -0.15) is 4.80 Å². The molecule has 0 spiro atoms. The Labute approximate surface area is 162 Å². The van der Waals surface area contributed by atoms with E-state index in [0.29, 0.717) is 24.4 Å². The minimum Gasteiger partial charge on any atom is -0.273 e. The predicted octanol–water partition coefficient (Wildman–Crippen LogP) is 2.20. The van der Waals surface area contributed by atoms with Gasteiger partial charge in [0.05, 0.1) is 6.54 Å². The number of hydrogen-bond donors (Lipinski definition) is 2.